The van der Waals surface area contributed by atoms with Crippen molar-refractivity contribution in [3.8, 4) is 0 Å². The van der Waals surface area contributed by atoms with Crippen molar-refractivity contribution >= 4 is 11.5 Å². The third kappa shape index (κ3) is 2.96. The molecule has 1 aromatic carbocycles. The summed E-state index contributed by atoms with van der Waals surface area (Å²) in [6, 6.07) is 10.1. The zero-order chi connectivity index (χ0) is 14.7. The van der Waals surface area contributed by atoms with Crippen molar-refractivity contribution < 1.29 is 4.92 Å². The lowest BCUT2D eigenvalue weighted by molar-refractivity contribution is -0.384. The van der Waals surface area contributed by atoms with Gasteiger partial charge in [0.25, 0.3) is 0 Å². The van der Waals surface area contributed by atoms with Crippen LogP contribution in [0.25, 0.3) is 0 Å². The van der Waals surface area contributed by atoms with E-state index in [2.05, 4.69) is 10.4 Å². The Kier molecular flexibility index (Phi) is 4.02. The molecule has 0 aliphatic heterocycles. The maximum absolute atomic E-state index is 11.1. The summed E-state index contributed by atoms with van der Waals surface area (Å²) in [5, 5.41) is 18.4. The molecule has 2 aromatic rings. The highest BCUT2D eigenvalue weighted by atomic mass is 16.6. The molecule has 1 heterocycles. The van der Waals surface area contributed by atoms with E-state index < -0.39 is 0 Å². The summed E-state index contributed by atoms with van der Waals surface area (Å²) >= 11 is 0. The van der Waals surface area contributed by atoms with Crippen molar-refractivity contribution in [2.24, 2.45) is 7.05 Å². The number of aromatic nitrogens is 2. The first-order chi connectivity index (χ1) is 9.49. The van der Waals surface area contributed by atoms with Gasteiger partial charge in [0.1, 0.15) is 5.69 Å². The lowest BCUT2D eigenvalue weighted by Gasteiger charge is -2.14. The van der Waals surface area contributed by atoms with E-state index in [9.17, 15) is 10.1 Å². The molecule has 0 saturated carbocycles. The van der Waals surface area contributed by atoms with Crippen LogP contribution in [0.15, 0.2) is 30.3 Å². The number of anilines is 1. The Bertz CT molecular complexity index is 607. The van der Waals surface area contributed by atoms with E-state index in [1.165, 1.54) is 10.2 Å². The number of rotatable bonds is 5. The lowest BCUT2D eigenvalue weighted by Crippen LogP contribution is -2.20. The zero-order valence-electron chi connectivity index (χ0n) is 11.8. The van der Waals surface area contributed by atoms with Gasteiger partial charge in [-0.25, -0.2) is 4.68 Å². The van der Waals surface area contributed by atoms with Crippen LogP contribution in [0.1, 0.15) is 18.2 Å². The number of aryl methyl sites for hydroxylation is 2. The molecule has 0 bridgehead atoms. The first-order valence-corrected chi connectivity index (χ1v) is 6.47. The van der Waals surface area contributed by atoms with Gasteiger partial charge in [0.2, 0.25) is 5.82 Å². The molecule has 0 aliphatic carbocycles. The van der Waals surface area contributed by atoms with E-state index in [-0.39, 0.29) is 16.7 Å². The summed E-state index contributed by atoms with van der Waals surface area (Å²) < 4.78 is 1.52. The van der Waals surface area contributed by atoms with Crippen LogP contribution in [-0.4, -0.2) is 20.7 Å². The van der Waals surface area contributed by atoms with Crippen molar-refractivity contribution in [1.29, 1.82) is 0 Å². The van der Waals surface area contributed by atoms with E-state index >= 15 is 0 Å². The molecule has 0 amide bonds. The second-order valence-corrected chi connectivity index (χ2v) is 4.90. The SMILES string of the molecule is Cc1nn(C)c(NC(C)Cc2ccccc2)c1[N+](=O)[O-]. The fourth-order valence-electron chi connectivity index (χ4n) is 2.28. The third-order valence-corrected chi connectivity index (χ3v) is 3.14. The minimum Gasteiger partial charge on any atom is -0.362 e. The highest BCUT2D eigenvalue weighted by Gasteiger charge is 2.24. The number of hydrogen-bond donors (Lipinski definition) is 1. The average molecular weight is 274 g/mol. The monoisotopic (exact) mass is 274 g/mol. The first kappa shape index (κ1) is 14.0. The molecule has 20 heavy (non-hydrogen) atoms. The van der Waals surface area contributed by atoms with E-state index in [1.807, 2.05) is 37.3 Å². The summed E-state index contributed by atoms with van der Waals surface area (Å²) in [4.78, 5) is 10.7. The number of hydrogen-bond acceptors (Lipinski definition) is 4. The van der Waals surface area contributed by atoms with Gasteiger partial charge < -0.3 is 5.32 Å². The molecule has 106 valence electrons. The van der Waals surface area contributed by atoms with Crippen LogP contribution >= 0.6 is 0 Å². The van der Waals surface area contributed by atoms with Gasteiger partial charge in [-0.3, -0.25) is 10.1 Å². The molecule has 6 heteroatoms. The van der Waals surface area contributed by atoms with Crippen molar-refractivity contribution in [3.05, 3.63) is 51.7 Å². The summed E-state index contributed by atoms with van der Waals surface area (Å²) in [6.45, 7) is 3.64. The molecule has 0 radical (unpaired) electrons. The largest absolute Gasteiger partial charge is 0.362 e. The van der Waals surface area contributed by atoms with Crippen LogP contribution in [0.2, 0.25) is 0 Å². The number of nitro groups is 1. The molecule has 1 aromatic heterocycles. The molecule has 1 unspecified atom stereocenters. The van der Waals surface area contributed by atoms with Crippen LogP contribution < -0.4 is 5.32 Å². The smallest absolute Gasteiger partial charge is 0.333 e. The molecular weight excluding hydrogens is 256 g/mol. The summed E-state index contributed by atoms with van der Waals surface area (Å²) in [6.07, 6.45) is 0.794. The van der Waals surface area contributed by atoms with E-state index in [4.69, 9.17) is 0 Å². The Morgan fingerprint density at radius 1 is 1.40 bits per heavy atom. The molecule has 1 N–H and O–H groups in total. The van der Waals surface area contributed by atoms with Crippen LogP contribution in [0, 0.1) is 17.0 Å². The van der Waals surface area contributed by atoms with Crippen molar-refractivity contribution in [1.82, 2.24) is 9.78 Å². The van der Waals surface area contributed by atoms with Crippen LogP contribution in [0.4, 0.5) is 11.5 Å². The second-order valence-electron chi connectivity index (χ2n) is 4.90. The van der Waals surface area contributed by atoms with E-state index in [0.29, 0.717) is 11.5 Å². The van der Waals surface area contributed by atoms with Crippen LogP contribution in [0.5, 0.6) is 0 Å². The lowest BCUT2D eigenvalue weighted by atomic mass is 10.1. The Labute approximate surface area is 117 Å². The minimum absolute atomic E-state index is 0.0485. The number of nitrogens with one attached hydrogen (secondary N) is 1. The fourth-order valence-corrected chi connectivity index (χ4v) is 2.28. The molecule has 0 fully saturated rings. The van der Waals surface area contributed by atoms with Gasteiger partial charge in [-0.15, -0.1) is 0 Å². The summed E-state index contributed by atoms with van der Waals surface area (Å²) in [7, 11) is 1.71. The Balaban J connectivity index is 2.16. The average Bonchev–Trinajstić information content (AvgIpc) is 2.65. The summed E-state index contributed by atoms with van der Waals surface area (Å²) in [5.74, 6) is 0.455. The minimum atomic E-state index is -0.389. The molecule has 0 aliphatic rings. The normalized spacial score (nSPS) is 12.2. The molecular formula is C14H18N4O2. The number of benzene rings is 1. The highest BCUT2D eigenvalue weighted by molar-refractivity contribution is 5.59. The van der Waals surface area contributed by atoms with Crippen LogP contribution in [-0.2, 0) is 13.5 Å². The Morgan fingerprint density at radius 2 is 2.05 bits per heavy atom. The zero-order valence-corrected chi connectivity index (χ0v) is 11.8. The van der Waals surface area contributed by atoms with Gasteiger partial charge >= 0.3 is 5.69 Å². The van der Waals surface area contributed by atoms with Gasteiger partial charge in [0.05, 0.1) is 4.92 Å². The van der Waals surface area contributed by atoms with Gasteiger partial charge in [-0.05, 0) is 25.8 Å². The predicted molar refractivity (Wildman–Crippen MR) is 77.8 cm³/mol. The van der Waals surface area contributed by atoms with Crippen molar-refractivity contribution in [2.45, 2.75) is 26.3 Å². The van der Waals surface area contributed by atoms with Crippen molar-refractivity contribution in [2.75, 3.05) is 5.32 Å². The molecule has 0 saturated heterocycles. The van der Waals surface area contributed by atoms with E-state index in [0.717, 1.165) is 6.42 Å². The first-order valence-electron chi connectivity index (χ1n) is 6.47. The predicted octanol–water partition coefficient (Wildman–Crippen LogP) is 2.68. The van der Waals surface area contributed by atoms with E-state index in [1.54, 1.807) is 14.0 Å². The maximum Gasteiger partial charge on any atom is 0.333 e. The second kappa shape index (κ2) is 5.73. The number of nitrogens with zero attached hydrogens (tertiary/aromatic N) is 3. The molecule has 0 spiro atoms. The van der Waals surface area contributed by atoms with Crippen LogP contribution in [0.3, 0.4) is 0 Å². The van der Waals surface area contributed by atoms with Gasteiger partial charge in [0.15, 0.2) is 0 Å². The van der Waals surface area contributed by atoms with Gasteiger partial charge in [-0.2, -0.15) is 5.10 Å². The molecule has 6 nitrogen and oxygen atoms in total. The molecule has 1 atom stereocenters. The standard InChI is InChI=1S/C14H18N4O2/c1-10(9-12-7-5-4-6-8-12)15-14-13(18(19)20)11(2)16-17(14)3/h4-8,10,15H,9H2,1-3H3. The maximum atomic E-state index is 11.1. The molecule has 2 rings (SSSR count). The summed E-state index contributed by atoms with van der Waals surface area (Å²) in [5.41, 5.74) is 1.66. The quantitative estimate of drug-likeness (QED) is 0.672. The third-order valence-electron chi connectivity index (χ3n) is 3.14. The fraction of sp³-hybridized carbons (Fsp3) is 0.357. The Hall–Kier alpha value is -2.37. The van der Waals surface area contributed by atoms with Gasteiger partial charge in [-0.1, -0.05) is 30.3 Å². The highest BCUT2D eigenvalue weighted by Crippen LogP contribution is 2.28. The van der Waals surface area contributed by atoms with Gasteiger partial charge in [0, 0.05) is 13.1 Å². The Morgan fingerprint density at radius 3 is 2.65 bits per heavy atom. The topological polar surface area (TPSA) is 73.0 Å². The van der Waals surface area contributed by atoms with Crippen molar-refractivity contribution in [3.63, 3.8) is 0 Å².